The van der Waals surface area contributed by atoms with Gasteiger partial charge >= 0.3 is 0 Å². The fraction of sp³-hybridized carbons (Fsp3) is 0.278. The van der Waals surface area contributed by atoms with Crippen molar-refractivity contribution < 1.29 is 9.18 Å². The number of halogens is 1. The lowest BCUT2D eigenvalue weighted by Gasteiger charge is -2.21. The van der Waals surface area contributed by atoms with Gasteiger partial charge in [-0.1, -0.05) is 56.3 Å². The maximum atomic E-state index is 13.1. The number of nitrogens with one attached hydrogen (secondary N) is 1. The Morgan fingerprint density at radius 1 is 1.05 bits per heavy atom. The molecule has 2 aromatic rings. The molecule has 1 N–H and O–H groups in total. The molecule has 0 saturated heterocycles. The SMILES string of the molecule is CCC(C)C(=O)NC(c1ccccc1)c1ccc(F)cc1. The first kappa shape index (κ1) is 15.2. The molecule has 110 valence electrons. The van der Waals surface area contributed by atoms with Gasteiger partial charge in [0.15, 0.2) is 0 Å². The van der Waals surface area contributed by atoms with Crippen LogP contribution in [0.2, 0.25) is 0 Å². The van der Waals surface area contributed by atoms with Gasteiger partial charge in [-0.25, -0.2) is 4.39 Å². The summed E-state index contributed by atoms with van der Waals surface area (Å²) in [6, 6.07) is 15.7. The molecule has 0 saturated carbocycles. The average Bonchev–Trinajstić information content (AvgIpc) is 2.53. The lowest BCUT2D eigenvalue weighted by molar-refractivity contribution is -0.125. The van der Waals surface area contributed by atoms with Crippen molar-refractivity contribution in [2.45, 2.75) is 26.3 Å². The van der Waals surface area contributed by atoms with Crippen molar-refractivity contribution >= 4 is 5.91 Å². The van der Waals surface area contributed by atoms with Gasteiger partial charge in [-0.15, -0.1) is 0 Å². The number of amides is 1. The Bertz CT molecular complexity index is 580. The van der Waals surface area contributed by atoms with Crippen molar-refractivity contribution in [3.8, 4) is 0 Å². The highest BCUT2D eigenvalue weighted by Crippen LogP contribution is 2.23. The summed E-state index contributed by atoms with van der Waals surface area (Å²) in [6.45, 7) is 3.89. The predicted molar refractivity (Wildman–Crippen MR) is 82.3 cm³/mol. The third-order valence-corrected chi connectivity index (χ3v) is 3.68. The molecule has 0 bridgehead atoms. The van der Waals surface area contributed by atoms with Gasteiger partial charge in [0.05, 0.1) is 6.04 Å². The third kappa shape index (κ3) is 3.91. The van der Waals surface area contributed by atoms with Crippen LogP contribution in [0.3, 0.4) is 0 Å². The van der Waals surface area contributed by atoms with E-state index in [9.17, 15) is 9.18 Å². The second-order valence-electron chi connectivity index (χ2n) is 5.21. The molecule has 0 aliphatic carbocycles. The molecule has 2 unspecified atom stereocenters. The summed E-state index contributed by atoms with van der Waals surface area (Å²) in [7, 11) is 0. The first-order valence-electron chi connectivity index (χ1n) is 7.22. The van der Waals surface area contributed by atoms with Crippen LogP contribution in [0.15, 0.2) is 54.6 Å². The van der Waals surface area contributed by atoms with Crippen LogP contribution in [0.1, 0.15) is 37.4 Å². The monoisotopic (exact) mass is 285 g/mol. The quantitative estimate of drug-likeness (QED) is 0.881. The van der Waals surface area contributed by atoms with E-state index in [2.05, 4.69) is 5.32 Å². The summed E-state index contributed by atoms with van der Waals surface area (Å²) < 4.78 is 13.1. The highest BCUT2D eigenvalue weighted by Gasteiger charge is 2.19. The lowest BCUT2D eigenvalue weighted by atomic mass is 9.97. The lowest BCUT2D eigenvalue weighted by Crippen LogP contribution is -2.33. The van der Waals surface area contributed by atoms with E-state index >= 15 is 0 Å². The summed E-state index contributed by atoms with van der Waals surface area (Å²) in [5, 5.41) is 3.06. The summed E-state index contributed by atoms with van der Waals surface area (Å²) in [4.78, 5) is 12.2. The zero-order valence-corrected chi connectivity index (χ0v) is 12.3. The minimum absolute atomic E-state index is 0.00989. The van der Waals surface area contributed by atoms with Gasteiger partial charge in [0, 0.05) is 5.92 Å². The van der Waals surface area contributed by atoms with Crippen molar-refractivity contribution in [3.63, 3.8) is 0 Å². The Morgan fingerprint density at radius 2 is 1.62 bits per heavy atom. The van der Waals surface area contributed by atoms with Gasteiger partial charge in [-0.2, -0.15) is 0 Å². The van der Waals surface area contributed by atoms with Crippen molar-refractivity contribution in [2.24, 2.45) is 5.92 Å². The second kappa shape index (κ2) is 7.02. The smallest absolute Gasteiger partial charge is 0.223 e. The van der Waals surface area contributed by atoms with Gasteiger partial charge in [0.25, 0.3) is 0 Å². The average molecular weight is 285 g/mol. The number of hydrogen-bond acceptors (Lipinski definition) is 1. The Hall–Kier alpha value is -2.16. The summed E-state index contributed by atoms with van der Waals surface area (Å²) >= 11 is 0. The van der Waals surface area contributed by atoms with E-state index in [0.717, 1.165) is 17.5 Å². The van der Waals surface area contributed by atoms with E-state index in [4.69, 9.17) is 0 Å². The number of carbonyl (C=O) groups excluding carboxylic acids is 1. The van der Waals surface area contributed by atoms with Crippen molar-refractivity contribution in [2.75, 3.05) is 0 Å². The molecule has 0 heterocycles. The van der Waals surface area contributed by atoms with E-state index in [1.165, 1.54) is 12.1 Å². The van der Waals surface area contributed by atoms with Gasteiger partial charge in [-0.05, 0) is 29.7 Å². The van der Waals surface area contributed by atoms with Crippen LogP contribution >= 0.6 is 0 Å². The van der Waals surface area contributed by atoms with Crippen LogP contribution in [-0.2, 0) is 4.79 Å². The summed E-state index contributed by atoms with van der Waals surface area (Å²) in [5.74, 6) is -0.314. The van der Waals surface area contributed by atoms with Gasteiger partial charge in [0.1, 0.15) is 5.82 Å². The van der Waals surface area contributed by atoms with E-state index < -0.39 is 0 Å². The van der Waals surface area contributed by atoms with Gasteiger partial charge in [-0.3, -0.25) is 4.79 Å². The minimum Gasteiger partial charge on any atom is -0.345 e. The van der Waals surface area contributed by atoms with Crippen molar-refractivity contribution in [1.82, 2.24) is 5.32 Å². The molecule has 2 rings (SSSR count). The summed E-state index contributed by atoms with van der Waals surface area (Å²) in [6.07, 6.45) is 0.788. The second-order valence-corrected chi connectivity index (χ2v) is 5.21. The molecule has 0 aliphatic heterocycles. The van der Waals surface area contributed by atoms with E-state index in [0.29, 0.717) is 0 Å². The van der Waals surface area contributed by atoms with Crippen molar-refractivity contribution in [1.29, 1.82) is 0 Å². The third-order valence-electron chi connectivity index (χ3n) is 3.68. The topological polar surface area (TPSA) is 29.1 Å². The number of benzene rings is 2. The largest absolute Gasteiger partial charge is 0.345 e. The maximum absolute atomic E-state index is 13.1. The predicted octanol–water partition coefficient (Wildman–Crippen LogP) is 4.08. The molecule has 3 heteroatoms. The molecule has 0 aliphatic rings. The first-order valence-corrected chi connectivity index (χ1v) is 7.22. The first-order chi connectivity index (χ1) is 10.1. The van der Waals surface area contributed by atoms with E-state index in [1.807, 2.05) is 44.2 Å². The molecular weight excluding hydrogens is 265 g/mol. The van der Waals surface area contributed by atoms with Crippen LogP contribution in [0.25, 0.3) is 0 Å². The van der Waals surface area contributed by atoms with E-state index in [-0.39, 0.29) is 23.7 Å². The molecule has 21 heavy (non-hydrogen) atoms. The normalized spacial score (nSPS) is 13.5. The zero-order chi connectivity index (χ0) is 15.2. The molecule has 0 radical (unpaired) electrons. The molecular formula is C18H20FNO. The molecule has 0 fully saturated rings. The summed E-state index contributed by atoms with van der Waals surface area (Å²) in [5.41, 5.74) is 1.86. The fourth-order valence-electron chi connectivity index (χ4n) is 2.13. The molecule has 2 atom stereocenters. The van der Waals surface area contributed by atoms with Gasteiger partial charge in [0.2, 0.25) is 5.91 Å². The van der Waals surface area contributed by atoms with Crippen LogP contribution < -0.4 is 5.32 Å². The van der Waals surface area contributed by atoms with Crippen LogP contribution in [0, 0.1) is 11.7 Å². The zero-order valence-electron chi connectivity index (χ0n) is 12.3. The van der Waals surface area contributed by atoms with Crippen LogP contribution in [0.4, 0.5) is 4.39 Å². The van der Waals surface area contributed by atoms with Crippen LogP contribution in [-0.4, -0.2) is 5.91 Å². The number of carbonyl (C=O) groups is 1. The van der Waals surface area contributed by atoms with Gasteiger partial charge < -0.3 is 5.32 Å². The standard InChI is InChI=1S/C18H20FNO/c1-3-13(2)18(21)20-17(14-7-5-4-6-8-14)15-9-11-16(19)12-10-15/h4-13,17H,3H2,1-2H3,(H,20,21). The van der Waals surface area contributed by atoms with E-state index in [1.54, 1.807) is 12.1 Å². The van der Waals surface area contributed by atoms with Crippen LogP contribution in [0.5, 0.6) is 0 Å². The Balaban J connectivity index is 2.31. The molecule has 0 spiro atoms. The molecule has 2 nitrogen and oxygen atoms in total. The maximum Gasteiger partial charge on any atom is 0.223 e. The Kier molecular flexibility index (Phi) is 5.09. The molecule has 2 aromatic carbocycles. The Morgan fingerprint density at radius 3 is 2.19 bits per heavy atom. The number of rotatable bonds is 5. The highest BCUT2D eigenvalue weighted by atomic mass is 19.1. The van der Waals surface area contributed by atoms with Crippen molar-refractivity contribution in [3.05, 3.63) is 71.5 Å². The number of hydrogen-bond donors (Lipinski definition) is 1. The molecule has 1 amide bonds. The highest BCUT2D eigenvalue weighted by molar-refractivity contribution is 5.79. The molecule has 0 aromatic heterocycles. The minimum atomic E-state index is -0.279. The fourth-order valence-corrected chi connectivity index (χ4v) is 2.13. The Labute approximate surface area is 125 Å².